The summed E-state index contributed by atoms with van der Waals surface area (Å²) in [5.74, 6) is 3.23. The summed E-state index contributed by atoms with van der Waals surface area (Å²) in [6.07, 6.45) is 7.14. The predicted molar refractivity (Wildman–Crippen MR) is 138 cm³/mol. The first kappa shape index (κ1) is 23.1. The topological polar surface area (TPSA) is 58.6 Å². The van der Waals surface area contributed by atoms with E-state index in [0.717, 1.165) is 48.2 Å². The van der Waals surface area contributed by atoms with Crippen LogP contribution in [0.4, 0.5) is 5.82 Å². The average molecular weight is 479 g/mol. The van der Waals surface area contributed by atoms with Crippen LogP contribution in [-0.4, -0.2) is 54.1 Å². The molecule has 1 saturated heterocycles. The van der Waals surface area contributed by atoms with Crippen molar-refractivity contribution in [1.82, 2.24) is 14.9 Å². The Bertz CT molecular complexity index is 1170. The van der Waals surface area contributed by atoms with Gasteiger partial charge in [0, 0.05) is 42.5 Å². The summed E-state index contributed by atoms with van der Waals surface area (Å²) in [6.45, 7) is 7.39. The van der Waals surface area contributed by atoms with Crippen molar-refractivity contribution in [3.05, 3.63) is 46.1 Å². The quantitative estimate of drug-likeness (QED) is 0.457. The maximum atomic E-state index is 13.1. The Kier molecular flexibility index (Phi) is 6.73. The highest BCUT2D eigenvalue weighted by Crippen LogP contribution is 2.40. The Labute approximate surface area is 206 Å². The molecule has 0 unspecified atom stereocenters. The fraction of sp³-hybridized carbons (Fsp3) is 0.519. The number of benzene rings is 1. The van der Waals surface area contributed by atoms with Crippen molar-refractivity contribution in [2.75, 3.05) is 38.2 Å². The van der Waals surface area contributed by atoms with Crippen LogP contribution >= 0.6 is 11.3 Å². The summed E-state index contributed by atoms with van der Waals surface area (Å²) in [5.41, 5.74) is 2.20. The van der Waals surface area contributed by atoms with Gasteiger partial charge in [0.1, 0.15) is 22.2 Å². The third kappa shape index (κ3) is 4.38. The van der Waals surface area contributed by atoms with E-state index >= 15 is 0 Å². The Balaban J connectivity index is 1.42. The molecule has 0 bridgehead atoms. The number of aryl methyl sites for hydroxylation is 2. The molecule has 0 N–H and O–H groups in total. The standard InChI is InChI=1S/C27H34N4O2S/c1-4-18(2)24-28-25(23-21-8-6-5-7-9-22(21)34-26(23)29-24)30-14-16-31(17-15-30)27(32)19-10-12-20(33-3)13-11-19/h10-13,18H,4-9,14-17H2,1-3H3/t18-/m0/s1. The summed E-state index contributed by atoms with van der Waals surface area (Å²) >= 11 is 1.89. The van der Waals surface area contributed by atoms with Crippen LogP contribution in [0, 0.1) is 0 Å². The maximum Gasteiger partial charge on any atom is 0.253 e. The first-order chi connectivity index (χ1) is 16.6. The van der Waals surface area contributed by atoms with Gasteiger partial charge in [-0.25, -0.2) is 9.97 Å². The summed E-state index contributed by atoms with van der Waals surface area (Å²) < 4.78 is 5.22. The molecule has 1 atom stereocenters. The van der Waals surface area contributed by atoms with Crippen LogP contribution in [0.5, 0.6) is 5.75 Å². The van der Waals surface area contributed by atoms with E-state index in [1.165, 1.54) is 41.5 Å². The molecule has 34 heavy (non-hydrogen) atoms. The van der Waals surface area contributed by atoms with Crippen molar-refractivity contribution in [3.8, 4) is 5.75 Å². The number of fused-ring (bicyclic) bond motifs is 3. The van der Waals surface area contributed by atoms with Crippen LogP contribution in [0.1, 0.15) is 72.1 Å². The van der Waals surface area contributed by atoms with Gasteiger partial charge in [-0.15, -0.1) is 11.3 Å². The lowest BCUT2D eigenvalue weighted by atomic mass is 10.1. The van der Waals surface area contributed by atoms with E-state index < -0.39 is 0 Å². The molecule has 2 aromatic heterocycles. The zero-order chi connectivity index (χ0) is 23.7. The lowest BCUT2D eigenvalue weighted by Gasteiger charge is -2.36. The molecule has 180 valence electrons. The molecule has 5 rings (SSSR count). The van der Waals surface area contributed by atoms with E-state index in [0.29, 0.717) is 24.6 Å². The summed E-state index contributed by atoms with van der Waals surface area (Å²) in [6, 6.07) is 7.39. The van der Waals surface area contributed by atoms with E-state index in [9.17, 15) is 4.79 Å². The smallest absolute Gasteiger partial charge is 0.253 e. The highest BCUT2D eigenvalue weighted by Gasteiger charge is 2.28. The number of aromatic nitrogens is 2. The summed E-state index contributed by atoms with van der Waals surface area (Å²) in [4.78, 5) is 30.3. The molecule has 6 nitrogen and oxygen atoms in total. The number of rotatable bonds is 5. The third-order valence-corrected chi connectivity index (χ3v) is 8.51. The van der Waals surface area contributed by atoms with Crippen molar-refractivity contribution >= 4 is 33.3 Å². The van der Waals surface area contributed by atoms with Gasteiger partial charge in [0.2, 0.25) is 0 Å². The molecule has 1 aliphatic carbocycles. The second kappa shape index (κ2) is 9.90. The van der Waals surface area contributed by atoms with E-state index in [1.54, 1.807) is 7.11 Å². The van der Waals surface area contributed by atoms with Crippen molar-refractivity contribution in [2.24, 2.45) is 0 Å². The number of piperazine rings is 1. The van der Waals surface area contributed by atoms with Crippen molar-refractivity contribution in [2.45, 2.75) is 58.3 Å². The number of nitrogens with zero attached hydrogens (tertiary/aromatic N) is 4. The van der Waals surface area contributed by atoms with Gasteiger partial charge in [0.05, 0.1) is 12.5 Å². The molecular formula is C27H34N4O2S. The molecule has 1 fully saturated rings. The Hall–Kier alpha value is -2.67. The lowest BCUT2D eigenvalue weighted by molar-refractivity contribution is 0.0746. The number of carbonyl (C=O) groups is 1. The number of ether oxygens (including phenoxy) is 1. The van der Waals surface area contributed by atoms with E-state index in [1.807, 2.05) is 40.5 Å². The van der Waals surface area contributed by atoms with Crippen LogP contribution in [0.15, 0.2) is 24.3 Å². The SMILES string of the molecule is CC[C@H](C)c1nc(N2CCN(C(=O)c3ccc(OC)cc3)CC2)c2c3c(sc2n1)CCCCC3. The number of hydrogen-bond acceptors (Lipinski definition) is 6. The normalized spacial score (nSPS) is 17.4. The number of methoxy groups -OCH3 is 1. The highest BCUT2D eigenvalue weighted by molar-refractivity contribution is 7.19. The molecule has 3 heterocycles. The molecule has 1 amide bonds. The van der Waals surface area contributed by atoms with Crippen LogP contribution in [0.2, 0.25) is 0 Å². The summed E-state index contributed by atoms with van der Waals surface area (Å²) in [7, 11) is 1.64. The van der Waals surface area contributed by atoms with Crippen molar-refractivity contribution < 1.29 is 9.53 Å². The number of thiophene rings is 1. The van der Waals surface area contributed by atoms with Crippen LogP contribution in [0.25, 0.3) is 10.2 Å². The van der Waals surface area contributed by atoms with Crippen LogP contribution in [-0.2, 0) is 12.8 Å². The molecule has 3 aromatic rings. The fourth-order valence-electron chi connectivity index (χ4n) is 5.00. The Morgan fingerprint density at radius 1 is 1.06 bits per heavy atom. The van der Waals surface area contributed by atoms with Crippen molar-refractivity contribution in [3.63, 3.8) is 0 Å². The third-order valence-electron chi connectivity index (χ3n) is 7.32. The zero-order valence-corrected chi connectivity index (χ0v) is 21.3. The molecule has 1 aliphatic heterocycles. The van der Waals surface area contributed by atoms with E-state index in [4.69, 9.17) is 14.7 Å². The Morgan fingerprint density at radius 3 is 2.50 bits per heavy atom. The average Bonchev–Trinajstić information content (AvgIpc) is 3.08. The van der Waals surface area contributed by atoms with Gasteiger partial charge in [0.15, 0.2) is 0 Å². The number of hydrogen-bond donors (Lipinski definition) is 0. The molecule has 1 aromatic carbocycles. The number of amides is 1. The van der Waals surface area contributed by atoms with Crippen molar-refractivity contribution in [1.29, 1.82) is 0 Å². The van der Waals surface area contributed by atoms with Crippen LogP contribution in [0.3, 0.4) is 0 Å². The van der Waals surface area contributed by atoms with Gasteiger partial charge in [-0.2, -0.15) is 0 Å². The molecule has 7 heteroatoms. The number of anilines is 1. The van der Waals surface area contributed by atoms with Gasteiger partial charge < -0.3 is 14.5 Å². The second-order valence-electron chi connectivity index (χ2n) is 9.47. The largest absolute Gasteiger partial charge is 0.497 e. The lowest BCUT2D eigenvalue weighted by Crippen LogP contribution is -2.49. The minimum atomic E-state index is 0.0832. The predicted octanol–water partition coefficient (Wildman–Crippen LogP) is 5.44. The van der Waals surface area contributed by atoms with Crippen LogP contribution < -0.4 is 9.64 Å². The van der Waals surface area contributed by atoms with Gasteiger partial charge in [-0.1, -0.05) is 20.3 Å². The first-order valence-corrected chi connectivity index (χ1v) is 13.4. The molecular weight excluding hydrogens is 444 g/mol. The Morgan fingerprint density at radius 2 is 1.79 bits per heavy atom. The van der Waals surface area contributed by atoms with Gasteiger partial charge in [-0.3, -0.25) is 4.79 Å². The van der Waals surface area contributed by atoms with E-state index in [-0.39, 0.29) is 5.91 Å². The fourth-order valence-corrected chi connectivity index (χ4v) is 6.26. The maximum absolute atomic E-state index is 13.1. The van der Waals surface area contributed by atoms with Gasteiger partial charge in [-0.05, 0) is 61.9 Å². The summed E-state index contributed by atoms with van der Waals surface area (Å²) in [5, 5.41) is 1.28. The van der Waals surface area contributed by atoms with E-state index in [2.05, 4.69) is 18.7 Å². The molecule has 0 radical (unpaired) electrons. The number of carbonyl (C=O) groups excluding carboxylic acids is 1. The monoisotopic (exact) mass is 478 g/mol. The zero-order valence-electron chi connectivity index (χ0n) is 20.5. The second-order valence-corrected chi connectivity index (χ2v) is 10.6. The van der Waals surface area contributed by atoms with Gasteiger partial charge >= 0.3 is 0 Å². The highest BCUT2D eigenvalue weighted by atomic mass is 32.1. The minimum Gasteiger partial charge on any atom is -0.497 e. The molecule has 0 spiro atoms. The van der Waals surface area contributed by atoms with Gasteiger partial charge in [0.25, 0.3) is 5.91 Å². The molecule has 2 aliphatic rings. The molecule has 0 saturated carbocycles. The first-order valence-electron chi connectivity index (χ1n) is 12.6. The minimum absolute atomic E-state index is 0.0832.